The fourth-order valence-electron chi connectivity index (χ4n) is 1.51. The Kier molecular flexibility index (Phi) is 3.64. The molecule has 0 atom stereocenters. The monoisotopic (exact) mass is 251 g/mol. The molecule has 0 bridgehead atoms. The van der Waals surface area contributed by atoms with Gasteiger partial charge in [-0.25, -0.2) is 0 Å². The minimum Gasteiger partial charge on any atom is -0.486 e. The topological polar surface area (TPSA) is 39.9 Å². The van der Waals surface area contributed by atoms with Crippen molar-refractivity contribution in [2.45, 2.75) is 26.5 Å². The van der Waals surface area contributed by atoms with Crippen molar-refractivity contribution in [3.63, 3.8) is 0 Å². The first-order chi connectivity index (χ1) is 8.16. The molecule has 1 aromatic carbocycles. The molecule has 0 spiro atoms. The third-order valence-corrected chi connectivity index (χ3v) is 2.60. The molecule has 0 unspecified atom stereocenters. The van der Waals surface area contributed by atoms with E-state index < -0.39 is 0 Å². The van der Waals surface area contributed by atoms with E-state index in [0.717, 1.165) is 11.6 Å². The summed E-state index contributed by atoms with van der Waals surface area (Å²) in [5.74, 6) is 1.54. The number of aromatic nitrogens is 3. The highest BCUT2D eigenvalue weighted by molar-refractivity contribution is 6.30. The lowest BCUT2D eigenvalue weighted by Gasteiger charge is -2.10. The SMILES string of the molecule is CC(C)n1cnnc1COc1cccc(Cl)c1. The van der Waals surface area contributed by atoms with Gasteiger partial charge in [0, 0.05) is 11.1 Å². The smallest absolute Gasteiger partial charge is 0.171 e. The summed E-state index contributed by atoms with van der Waals surface area (Å²) in [5.41, 5.74) is 0. The summed E-state index contributed by atoms with van der Waals surface area (Å²) in [5, 5.41) is 8.57. The molecule has 0 saturated carbocycles. The number of hydrogen-bond acceptors (Lipinski definition) is 3. The normalized spacial score (nSPS) is 10.8. The van der Waals surface area contributed by atoms with Gasteiger partial charge < -0.3 is 9.30 Å². The van der Waals surface area contributed by atoms with Crippen molar-refractivity contribution < 1.29 is 4.74 Å². The molecule has 0 aliphatic heterocycles. The van der Waals surface area contributed by atoms with Crippen molar-refractivity contribution in [3.05, 3.63) is 41.4 Å². The molecule has 1 heterocycles. The Labute approximate surface area is 105 Å². The van der Waals surface area contributed by atoms with Crippen molar-refractivity contribution in [1.82, 2.24) is 14.8 Å². The molecular weight excluding hydrogens is 238 g/mol. The van der Waals surface area contributed by atoms with E-state index in [1.165, 1.54) is 0 Å². The summed E-state index contributed by atoms with van der Waals surface area (Å²) in [6.07, 6.45) is 1.71. The minimum atomic E-state index is 0.322. The Hall–Kier alpha value is -1.55. The average Bonchev–Trinajstić information content (AvgIpc) is 2.74. The van der Waals surface area contributed by atoms with Crippen LogP contribution in [0.3, 0.4) is 0 Å². The van der Waals surface area contributed by atoms with Crippen molar-refractivity contribution in [1.29, 1.82) is 0 Å². The zero-order valence-corrected chi connectivity index (χ0v) is 10.6. The van der Waals surface area contributed by atoms with E-state index in [1.54, 1.807) is 12.4 Å². The van der Waals surface area contributed by atoms with E-state index in [4.69, 9.17) is 16.3 Å². The molecule has 2 rings (SSSR count). The van der Waals surface area contributed by atoms with Gasteiger partial charge in [-0.05, 0) is 32.0 Å². The number of nitrogens with zero attached hydrogens (tertiary/aromatic N) is 3. The maximum absolute atomic E-state index is 5.87. The van der Waals surface area contributed by atoms with Crippen LogP contribution in [0.1, 0.15) is 25.7 Å². The third-order valence-electron chi connectivity index (χ3n) is 2.37. The summed E-state index contributed by atoms with van der Waals surface area (Å²) in [4.78, 5) is 0. The molecular formula is C12H14ClN3O. The van der Waals surface area contributed by atoms with Gasteiger partial charge in [-0.15, -0.1) is 10.2 Å². The van der Waals surface area contributed by atoms with Crippen LogP contribution in [-0.2, 0) is 6.61 Å². The third kappa shape index (κ3) is 2.97. The van der Waals surface area contributed by atoms with Gasteiger partial charge in [-0.3, -0.25) is 0 Å². The first-order valence-corrected chi connectivity index (χ1v) is 5.81. The molecule has 2 aromatic rings. The number of hydrogen-bond donors (Lipinski definition) is 0. The van der Waals surface area contributed by atoms with Crippen LogP contribution in [0, 0.1) is 0 Å². The molecule has 0 N–H and O–H groups in total. The molecule has 0 fully saturated rings. The summed E-state index contributed by atoms with van der Waals surface area (Å²) in [6.45, 7) is 4.54. The van der Waals surface area contributed by atoms with E-state index in [1.807, 2.05) is 22.8 Å². The first kappa shape index (κ1) is 11.9. The lowest BCUT2D eigenvalue weighted by atomic mass is 10.3. The van der Waals surface area contributed by atoms with Crippen LogP contribution in [0.5, 0.6) is 5.75 Å². The van der Waals surface area contributed by atoms with Gasteiger partial charge in [-0.2, -0.15) is 0 Å². The number of halogens is 1. The van der Waals surface area contributed by atoms with Crippen LogP contribution in [0.4, 0.5) is 0 Å². The fourth-order valence-corrected chi connectivity index (χ4v) is 1.69. The second-order valence-electron chi connectivity index (χ2n) is 3.99. The van der Waals surface area contributed by atoms with Gasteiger partial charge in [-0.1, -0.05) is 17.7 Å². The van der Waals surface area contributed by atoms with E-state index in [2.05, 4.69) is 24.0 Å². The maximum atomic E-state index is 5.87. The molecule has 17 heavy (non-hydrogen) atoms. The van der Waals surface area contributed by atoms with Gasteiger partial charge in [0.15, 0.2) is 5.82 Å². The van der Waals surface area contributed by atoms with Crippen LogP contribution >= 0.6 is 11.6 Å². The highest BCUT2D eigenvalue weighted by Gasteiger charge is 2.07. The fraction of sp³-hybridized carbons (Fsp3) is 0.333. The quantitative estimate of drug-likeness (QED) is 0.838. The predicted octanol–water partition coefficient (Wildman–Crippen LogP) is 3.09. The molecule has 0 aliphatic rings. The second-order valence-corrected chi connectivity index (χ2v) is 4.43. The average molecular weight is 252 g/mol. The Bertz CT molecular complexity index is 496. The maximum Gasteiger partial charge on any atom is 0.171 e. The zero-order valence-electron chi connectivity index (χ0n) is 9.80. The molecule has 0 saturated heterocycles. The van der Waals surface area contributed by atoms with Gasteiger partial charge in [0.25, 0.3) is 0 Å². The second kappa shape index (κ2) is 5.19. The van der Waals surface area contributed by atoms with Gasteiger partial charge in [0.2, 0.25) is 0 Å². The van der Waals surface area contributed by atoms with Gasteiger partial charge >= 0.3 is 0 Å². The summed E-state index contributed by atoms with van der Waals surface area (Å²) in [6, 6.07) is 7.62. The summed E-state index contributed by atoms with van der Waals surface area (Å²) in [7, 11) is 0. The molecule has 4 nitrogen and oxygen atoms in total. The number of rotatable bonds is 4. The molecule has 90 valence electrons. The first-order valence-electron chi connectivity index (χ1n) is 5.43. The van der Waals surface area contributed by atoms with Crippen LogP contribution in [0.15, 0.2) is 30.6 Å². The molecule has 0 aliphatic carbocycles. The highest BCUT2D eigenvalue weighted by atomic mass is 35.5. The predicted molar refractivity (Wildman–Crippen MR) is 66.2 cm³/mol. The number of benzene rings is 1. The standard InChI is InChI=1S/C12H14ClN3O/c1-9(2)16-8-14-15-12(16)7-17-11-5-3-4-10(13)6-11/h3-6,8-9H,7H2,1-2H3. The molecule has 1 aromatic heterocycles. The molecule has 5 heteroatoms. The largest absolute Gasteiger partial charge is 0.486 e. The van der Waals surface area contributed by atoms with Crippen molar-refractivity contribution in [2.24, 2.45) is 0 Å². The van der Waals surface area contributed by atoms with E-state index in [0.29, 0.717) is 17.7 Å². The molecule has 0 radical (unpaired) electrons. The summed E-state index contributed by atoms with van der Waals surface area (Å²) < 4.78 is 7.59. The van der Waals surface area contributed by atoms with Crippen molar-refractivity contribution in [3.8, 4) is 5.75 Å². The zero-order chi connectivity index (χ0) is 12.3. The summed E-state index contributed by atoms with van der Waals surface area (Å²) >= 11 is 5.87. The van der Waals surface area contributed by atoms with E-state index >= 15 is 0 Å². The van der Waals surface area contributed by atoms with Gasteiger partial charge in [0.05, 0.1) is 0 Å². The lowest BCUT2D eigenvalue weighted by Crippen LogP contribution is -2.08. The van der Waals surface area contributed by atoms with E-state index in [-0.39, 0.29) is 0 Å². The lowest BCUT2D eigenvalue weighted by molar-refractivity contribution is 0.286. The van der Waals surface area contributed by atoms with Crippen molar-refractivity contribution >= 4 is 11.6 Å². The Morgan fingerprint density at radius 1 is 1.41 bits per heavy atom. The van der Waals surface area contributed by atoms with Crippen LogP contribution in [-0.4, -0.2) is 14.8 Å². The minimum absolute atomic E-state index is 0.322. The van der Waals surface area contributed by atoms with Crippen LogP contribution in [0.25, 0.3) is 0 Å². The Balaban J connectivity index is 2.05. The van der Waals surface area contributed by atoms with Crippen LogP contribution < -0.4 is 4.74 Å². The number of ether oxygens (including phenoxy) is 1. The van der Waals surface area contributed by atoms with Crippen molar-refractivity contribution in [2.75, 3.05) is 0 Å². The Morgan fingerprint density at radius 3 is 2.94 bits per heavy atom. The van der Waals surface area contributed by atoms with Gasteiger partial charge in [0.1, 0.15) is 18.7 Å². The van der Waals surface area contributed by atoms with Crippen LogP contribution in [0.2, 0.25) is 5.02 Å². The molecule has 0 amide bonds. The Morgan fingerprint density at radius 2 is 2.24 bits per heavy atom. The highest BCUT2D eigenvalue weighted by Crippen LogP contribution is 2.18. The van der Waals surface area contributed by atoms with E-state index in [9.17, 15) is 0 Å².